The molecule has 1 aliphatic rings. The molecule has 0 bridgehead atoms. The Labute approximate surface area is 106 Å². The number of aromatic nitrogens is 1. The lowest BCUT2D eigenvalue weighted by atomic mass is 10.1. The van der Waals surface area contributed by atoms with Crippen LogP contribution in [-0.4, -0.2) is 24.1 Å². The molecule has 5 nitrogen and oxygen atoms in total. The molecule has 5 heteroatoms. The van der Waals surface area contributed by atoms with Gasteiger partial charge in [-0.3, -0.25) is 4.79 Å². The molecule has 1 aliphatic heterocycles. The molecule has 1 fully saturated rings. The van der Waals surface area contributed by atoms with Gasteiger partial charge in [-0.15, -0.1) is 0 Å². The Balaban J connectivity index is 2.23. The second-order valence-electron chi connectivity index (χ2n) is 4.47. The van der Waals surface area contributed by atoms with E-state index in [1.807, 2.05) is 19.9 Å². The van der Waals surface area contributed by atoms with Gasteiger partial charge in [0.05, 0.1) is 18.1 Å². The number of carbonyl (C=O) groups excluding carboxylic acids is 1. The molecule has 1 aromatic rings. The number of ether oxygens (including phenoxy) is 1. The van der Waals surface area contributed by atoms with Crippen molar-refractivity contribution >= 4 is 11.7 Å². The average Bonchev–Trinajstić information content (AvgIpc) is 2.81. The van der Waals surface area contributed by atoms with E-state index in [0.717, 1.165) is 17.7 Å². The topological polar surface area (TPSA) is 75.0 Å². The number of anilines is 1. The largest absolute Gasteiger partial charge is 0.381 e. The molecule has 1 saturated heterocycles. The normalized spacial score (nSPS) is 18.4. The van der Waals surface area contributed by atoms with Crippen LogP contribution in [0.2, 0.25) is 0 Å². The van der Waals surface area contributed by atoms with Crippen LogP contribution in [0.1, 0.15) is 23.2 Å². The number of nitrogens with zero attached hydrogens (tertiary/aromatic N) is 2. The van der Waals surface area contributed by atoms with Crippen molar-refractivity contribution in [2.24, 2.45) is 5.92 Å². The maximum atomic E-state index is 12.0. The molecule has 1 atom stereocenters. The fraction of sp³-hybridized carbons (Fsp3) is 0.462. The summed E-state index contributed by atoms with van der Waals surface area (Å²) in [7, 11) is 0. The fourth-order valence-electron chi connectivity index (χ4n) is 2.03. The van der Waals surface area contributed by atoms with E-state index in [0.29, 0.717) is 24.6 Å². The number of rotatable bonds is 2. The zero-order valence-electron chi connectivity index (χ0n) is 10.5. The zero-order chi connectivity index (χ0) is 13.1. The third kappa shape index (κ3) is 2.49. The molecule has 0 aliphatic carbocycles. The van der Waals surface area contributed by atoms with Crippen LogP contribution in [0.5, 0.6) is 0 Å². The second kappa shape index (κ2) is 5.15. The Bertz CT molecular complexity index is 514. The lowest BCUT2D eigenvalue weighted by molar-refractivity contribution is -0.119. The Morgan fingerprint density at radius 2 is 2.39 bits per heavy atom. The van der Waals surface area contributed by atoms with Crippen LogP contribution in [0.4, 0.5) is 5.82 Å². The highest BCUT2D eigenvalue weighted by Crippen LogP contribution is 2.20. The van der Waals surface area contributed by atoms with Crippen LogP contribution in [0, 0.1) is 31.1 Å². The van der Waals surface area contributed by atoms with Crippen LogP contribution in [0.25, 0.3) is 0 Å². The van der Waals surface area contributed by atoms with Crippen molar-refractivity contribution in [3.05, 3.63) is 22.9 Å². The molecule has 0 radical (unpaired) electrons. The summed E-state index contributed by atoms with van der Waals surface area (Å²) >= 11 is 0. The molecule has 0 saturated carbocycles. The van der Waals surface area contributed by atoms with Crippen LogP contribution >= 0.6 is 0 Å². The van der Waals surface area contributed by atoms with Gasteiger partial charge in [0, 0.05) is 12.3 Å². The number of nitriles is 1. The van der Waals surface area contributed by atoms with Gasteiger partial charge < -0.3 is 10.1 Å². The predicted molar refractivity (Wildman–Crippen MR) is 66.0 cm³/mol. The highest BCUT2D eigenvalue weighted by atomic mass is 16.5. The fourth-order valence-corrected chi connectivity index (χ4v) is 2.03. The van der Waals surface area contributed by atoms with Crippen LogP contribution < -0.4 is 5.32 Å². The van der Waals surface area contributed by atoms with Gasteiger partial charge in [0.1, 0.15) is 6.07 Å². The molecular formula is C13H15N3O2. The Morgan fingerprint density at radius 3 is 3.00 bits per heavy atom. The van der Waals surface area contributed by atoms with E-state index < -0.39 is 0 Å². The Hall–Kier alpha value is -1.93. The van der Waals surface area contributed by atoms with E-state index in [2.05, 4.69) is 16.4 Å². The van der Waals surface area contributed by atoms with Crippen LogP contribution in [0.3, 0.4) is 0 Å². The average molecular weight is 245 g/mol. The first-order chi connectivity index (χ1) is 8.61. The van der Waals surface area contributed by atoms with Gasteiger partial charge in [-0.1, -0.05) is 0 Å². The molecule has 1 amide bonds. The van der Waals surface area contributed by atoms with Crippen LogP contribution in [0.15, 0.2) is 6.07 Å². The Kier molecular flexibility index (Phi) is 3.58. The third-order valence-corrected chi connectivity index (χ3v) is 3.00. The number of hydrogen-bond donors (Lipinski definition) is 1. The van der Waals surface area contributed by atoms with E-state index in [9.17, 15) is 4.79 Å². The quantitative estimate of drug-likeness (QED) is 0.857. The molecular weight excluding hydrogens is 230 g/mol. The minimum absolute atomic E-state index is 0.124. The summed E-state index contributed by atoms with van der Waals surface area (Å²) in [6.07, 6.45) is 0.721. The third-order valence-electron chi connectivity index (χ3n) is 3.00. The SMILES string of the molecule is Cc1cc(C)c(C#N)c(NC(=O)C2CCOC2)n1. The van der Waals surface area contributed by atoms with Gasteiger partial charge in [-0.2, -0.15) is 5.26 Å². The van der Waals surface area contributed by atoms with Crippen LogP contribution in [-0.2, 0) is 9.53 Å². The van der Waals surface area contributed by atoms with E-state index >= 15 is 0 Å². The number of amides is 1. The summed E-state index contributed by atoms with van der Waals surface area (Å²) in [6.45, 7) is 4.73. The highest BCUT2D eigenvalue weighted by Gasteiger charge is 2.24. The van der Waals surface area contributed by atoms with E-state index in [4.69, 9.17) is 10.00 Å². The monoisotopic (exact) mass is 245 g/mol. The van der Waals surface area contributed by atoms with Crippen molar-refractivity contribution < 1.29 is 9.53 Å². The first-order valence-corrected chi connectivity index (χ1v) is 5.88. The Morgan fingerprint density at radius 1 is 1.61 bits per heavy atom. The molecule has 1 aromatic heterocycles. The van der Waals surface area contributed by atoms with Gasteiger partial charge in [0.2, 0.25) is 5.91 Å². The summed E-state index contributed by atoms with van der Waals surface area (Å²) < 4.78 is 5.17. The summed E-state index contributed by atoms with van der Waals surface area (Å²) in [4.78, 5) is 16.2. The molecule has 2 rings (SSSR count). The van der Waals surface area contributed by atoms with Crippen molar-refractivity contribution in [2.45, 2.75) is 20.3 Å². The van der Waals surface area contributed by atoms with Crippen molar-refractivity contribution in [2.75, 3.05) is 18.5 Å². The number of aryl methyl sites for hydroxylation is 2. The van der Waals surface area contributed by atoms with E-state index in [-0.39, 0.29) is 11.8 Å². The first kappa shape index (κ1) is 12.5. The van der Waals surface area contributed by atoms with Gasteiger partial charge in [0.25, 0.3) is 0 Å². The maximum absolute atomic E-state index is 12.0. The van der Waals surface area contributed by atoms with Gasteiger partial charge in [0.15, 0.2) is 5.82 Å². The van der Waals surface area contributed by atoms with Gasteiger partial charge in [-0.25, -0.2) is 4.98 Å². The minimum atomic E-state index is -0.140. The predicted octanol–water partition coefficient (Wildman–Crippen LogP) is 1.55. The smallest absolute Gasteiger partial charge is 0.231 e. The molecule has 1 N–H and O–H groups in total. The summed E-state index contributed by atoms with van der Waals surface area (Å²) in [5.74, 6) is 0.0903. The van der Waals surface area contributed by atoms with Crippen molar-refractivity contribution in [3.63, 3.8) is 0 Å². The molecule has 0 spiro atoms. The maximum Gasteiger partial charge on any atom is 0.231 e. The number of nitrogens with one attached hydrogen (secondary N) is 1. The molecule has 94 valence electrons. The number of hydrogen-bond acceptors (Lipinski definition) is 4. The van der Waals surface area contributed by atoms with Gasteiger partial charge >= 0.3 is 0 Å². The summed E-state index contributed by atoms with van der Waals surface area (Å²) in [5, 5.41) is 11.8. The van der Waals surface area contributed by atoms with Crippen molar-refractivity contribution in [3.8, 4) is 6.07 Å². The molecule has 1 unspecified atom stereocenters. The second-order valence-corrected chi connectivity index (χ2v) is 4.47. The molecule has 18 heavy (non-hydrogen) atoms. The van der Waals surface area contributed by atoms with Crippen molar-refractivity contribution in [1.82, 2.24) is 4.98 Å². The lowest BCUT2D eigenvalue weighted by Crippen LogP contribution is -2.24. The summed E-state index contributed by atoms with van der Waals surface area (Å²) in [6, 6.07) is 3.90. The minimum Gasteiger partial charge on any atom is -0.381 e. The zero-order valence-corrected chi connectivity index (χ0v) is 10.5. The number of pyridine rings is 1. The lowest BCUT2D eigenvalue weighted by Gasteiger charge is -2.11. The number of carbonyl (C=O) groups is 1. The molecule has 0 aromatic carbocycles. The highest BCUT2D eigenvalue weighted by molar-refractivity contribution is 5.93. The standard InChI is InChI=1S/C13H15N3O2/c1-8-5-9(2)15-12(11(8)6-14)16-13(17)10-3-4-18-7-10/h5,10H,3-4,7H2,1-2H3,(H,15,16,17). The van der Waals surface area contributed by atoms with E-state index in [1.165, 1.54) is 0 Å². The first-order valence-electron chi connectivity index (χ1n) is 5.88. The van der Waals surface area contributed by atoms with Crippen molar-refractivity contribution in [1.29, 1.82) is 5.26 Å². The molecule has 2 heterocycles. The van der Waals surface area contributed by atoms with Gasteiger partial charge in [-0.05, 0) is 31.9 Å². The summed E-state index contributed by atoms with van der Waals surface area (Å²) in [5.41, 5.74) is 2.03. The van der Waals surface area contributed by atoms with E-state index in [1.54, 1.807) is 0 Å².